The second-order valence-corrected chi connectivity index (χ2v) is 8.45. The lowest BCUT2D eigenvalue weighted by atomic mass is 10.1. The van der Waals surface area contributed by atoms with Crippen molar-refractivity contribution in [2.45, 2.75) is 103 Å². The van der Waals surface area contributed by atoms with E-state index < -0.39 is 5.97 Å². The number of rotatable bonds is 17. The maximum Gasteiger partial charge on any atom is 0.303 e. The number of hydrogen-bond donors (Lipinski definition) is 1. The van der Waals surface area contributed by atoms with Crippen molar-refractivity contribution in [1.82, 2.24) is 4.90 Å². The van der Waals surface area contributed by atoms with E-state index in [1.54, 1.807) is 0 Å². The molecule has 1 aromatic rings. The number of carboxylic acid groups (broad SMARTS) is 1. The molecule has 0 saturated carbocycles. The normalized spacial score (nSPS) is 10.9. The summed E-state index contributed by atoms with van der Waals surface area (Å²) in [6, 6.07) is 10.5. The molecule has 0 spiro atoms. The summed E-state index contributed by atoms with van der Waals surface area (Å²) in [5, 5.41) is 8.51. The maximum atomic E-state index is 10.3. The molecule has 0 bridgehead atoms. The molecule has 0 atom stereocenters. The Balaban J connectivity index is 0.000000696. The number of carbonyl (C=O) groups is 1. The van der Waals surface area contributed by atoms with Crippen molar-refractivity contribution in [3.8, 4) is 0 Å². The fourth-order valence-electron chi connectivity index (χ4n) is 3.30. The molecule has 0 amide bonds. The number of hydrogen-bond acceptors (Lipinski definition) is 2. The number of carboxylic acids is 1. The van der Waals surface area contributed by atoms with Crippen LogP contribution in [0.4, 0.5) is 0 Å². The summed E-state index contributed by atoms with van der Waals surface area (Å²) in [6.45, 7) is 3.29. The highest BCUT2D eigenvalue weighted by Gasteiger charge is 1.96. The number of allylic oxidation sites excluding steroid dienone is 2. The van der Waals surface area contributed by atoms with E-state index in [4.69, 9.17) is 5.11 Å². The molecule has 0 fully saturated rings. The average molecular weight is 418 g/mol. The zero-order valence-electron chi connectivity index (χ0n) is 20.0. The van der Waals surface area contributed by atoms with Gasteiger partial charge in [0.1, 0.15) is 0 Å². The zero-order valence-corrected chi connectivity index (χ0v) is 20.0. The molecular weight excluding hydrogens is 370 g/mol. The van der Waals surface area contributed by atoms with Crippen molar-refractivity contribution in [1.29, 1.82) is 0 Å². The first kappa shape index (κ1) is 28.4. The van der Waals surface area contributed by atoms with E-state index in [0.717, 1.165) is 19.4 Å². The molecule has 1 rings (SSSR count). The van der Waals surface area contributed by atoms with Crippen LogP contribution in [-0.2, 0) is 11.3 Å². The fourth-order valence-corrected chi connectivity index (χ4v) is 3.30. The first-order chi connectivity index (χ1) is 14.6. The first-order valence-electron chi connectivity index (χ1n) is 12.1. The van der Waals surface area contributed by atoms with Crippen molar-refractivity contribution >= 4 is 5.97 Å². The largest absolute Gasteiger partial charge is 0.481 e. The van der Waals surface area contributed by atoms with Gasteiger partial charge in [0.25, 0.3) is 0 Å². The fraction of sp³-hybridized carbons (Fsp3) is 0.667. The van der Waals surface area contributed by atoms with Gasteiger partial charge in [-0.15, -0.1) is 0 Å². The van der Waals surface area contributed by atoms with Gasteiger partial charge in [-0.25, -0.2) is 0 Å². The molecule has 0 aromatic heterocycles. The van der Waals surface area contributed by atoms with Crippen LogP contribution in [0, 0.1) is 0 Å². The molecule has 3 nitrogen and oxygen atoms in total. The molecular formula is C27H47NO2. The van der Waals surface area contributed by atoms with Crippen LogP contribution in [0.25, 0.3) is 0 Å². The van der Waals surface area contributed by atoms with Crippen LogP contribution in [-0.4, -0.2) is 30.1 Å². The van der Waals surface area contributed by atoms with Gasteiger partial charge in [-0.3, -0.25) is 4.79 Å². The van der Waals surface area contributed by atoms with Crippen LogP contribution in [0.2, 0.25) is 0 Å². The summed E-state index contributed by atoms with van der Waals surface area (Å²) in [7, 11) is 4.15. The molecule has 172 valence electrons. The topological polar surface area (TPSA) is 40.5 Å². The molecule has 0 aliphatic carbocycles. The predicted molar refractivity (Wildman–Crippen MR) is 131 cm³/mol. The third-order valence-electron chi connectivity index (χ3n) is 4.99. The number of unbranched alkanes of at least 4 members (excludes halogenated alkanes) is 11. The summed E-state index contributed by atoms with van der Waals surface area (Å²) < 4.78 is 0. The standard InChI is InChI=1S/C18H34O2.C9H13N/c1-2-3-4-5-6-7-8-9-10-11-12-13-14-15-16-17-18(19)20;1-10(2)8-9-6-4-3-5-7-9/h9-10H,2-8,11-17H2,1H3,(H,19,20);3-7H,8H2,1-2H3/b10-9-;. The molecule has 0 unspecified atom stereocenters. The van der Waals surface area contributed by atoms with Gasteiger partial charge in [0.05, 0.1) is 0 Å². The van der Waals surface area contributed by atoms with Gasteiger partial charge in [0.15, 0.2) is 0 Å². The van der Waals surface area contributed by atoms with Gasteiger partial charge in [-0.05, 0) is 51.8 Å². The second kappa shape index (κ2) is 22.1. The van der Waals surface area contributed by atoms with E-state index in [-0.39, 0.29) is 0 Å². The van der Waals surface area contributed by atoms with Crippen LogP contribution in [0.3, 0.4) is 0 Å². The van der Waals surface area contributed by atoms with Crippen molar-refractivity contribution in [2.24, 2.45) is 0 Å². The monoisotopic (exact) mass is 417 g/mol. The molecule has 0 saturated heterocycles. The Morgan fingerprint density at radius 1 is 0.800 bits per heavy atom. The summed E-state index contributed by atoms with van der Waals surface area (Å²) >= 11 is 0. The molecule has 1 aromatic carbocycles. The highest BCUT2D eigenvalue weighted by Crippen LogP contribution is 2.09. The van der Waals surface area contributed by atoms with Gasteiger partial charge in [-0.1, -0.05) is 101 Å². The third-order valence-corrected chi connectivity index (χ3v) is 4.99. The van der Waals surface area contributed by atoms with E-state index in [1.807, 2.05) is 6.07 Å². The third kappa shape index (κ3) is 22.7. The van der Waals surface area contributed by atoms with Crippen LogP contribution >= 0.6 is 0 Å². The van der Waals surface area contributed by atoms with E-state index in [1.165, 1.54) is 76.2 Å². The average Bonchev–Trinajstić information content (AvgIpc) is 2.71. The van der Waals surface area contributed by atoms with Gasteiger partial charge in [-0.2, -0.15) is 0 Å². The lowest BCUT2D eigenvalue weighted by Crippen LogP contribution is -2.10. The van der Waals surface area contributed by atoms with Crippen LogP contribution < -0.4 is 0 Å². The van der Waals surface area contributed by atoms with Crippen molar-refractivity contribution in [2.75, 3.05) is 14.1 Å². The van der Waals surface area contributed by atoms with Crippen molar-refractivity contribution in [3.63, 3.8) is 0 Å². The van der Waals surface area contributed by atoms with E-state index in [9.17, 15) is 4.79 Å². The second-order valence-electron chi connectivity index (χ2n) is 8.45. The van der Waals surface area contributed by atoms with Gasteiger partial charge in [0.2, 0.25) is 0 Å². The van der Waals surface area contributed by atoms with Crippen LogP contribution in [0.1, 0.15) is 102 Å². The molecule has 3 heteroatoms. The minimum absolute atomic E-state index is 0.332. The quantitative estimate of drug-likeness (QED) is 0.207. The van der Waals surface area contributed by atoms with E-state index in [2.05, 4.69) is 62.3 Å². The molecule has 1 N–H and O–H groups in total. The van der Waals surface area contributed by atoms with Gasteiger partial charge >= 0.3 is 5.97 Å². The molecule has 0 aliphatic heterocycles. The Labute approximate surface area is 186 Å². The summed E-state index contributed by atoms with van der Waals surface area (Å²) in [6.07, 6.45) is 21.2. The lowest BCUT2D eigenvalue weighted by Gasteiger charge is -2.08. The van der Waals surface area contributed by atoms with E-state index in [0.29, 0.717) is 6.42 Å². The summed E-state index contributed by atoms with van der Waals surface area (Å²) in [4.78, 5) is 12.5. The number of aliphatic carboxylic acids is 1. The molecule has 0 radical (unpaired) electrons. The van der Waals surface area contributed by atoms with Crippen LogP contribution in [0.15, 0.2) is 42.5 Å². The van der Waals surface area contributed by atoms with Gasteiger partial charge < -0.3 is 10.0 Å². The Morgan fingerprint density at radius 2 is 1.30 bits per heavy atom. The van der Waals surface area contributed by atoms with E-state index >= 15 is 0 Å². The molecule has 30 heavy (non-hydrogen) atoms. The number of benzene rings is 1. The maximum absolute atomic E-state index is 10.3. The zero-order chi connectivity index (χ0) is 22.3. The predicted octanol–water partition coefficient (Wildman–Crippen LogP) is 7.86. The first-order valence-corrected chi connectivity index (χ1v) is 12.1. The number of nitrogens with zero attached hydrogens (tertiary/aromatic N) is 1. The Morgan fingerprint density at radius 3 is 1.80 bits per heavy atom. The minimum atomic E-state index is -0.664. The summed E-state index contributed by atoms with van der Waals surface area (Å²) in [5.41, 5.74) is 1.37. The van der Waals surface area contributed by atoms with Crippen LogP contribution in [0.5, 0.6) is 0 Å². The Kier molecular flexibility index (Phi) is 20.9. The summed E-state index contributed by atoms with van der Waals surface area (Å²) in [5.74, 6) is -0.664. The van der Waals surface area contributed by atoms with Gasteiger partial charge in [0, 0.05) is 13.0 Å². The van der Waals surface area contributed by atoms with Crippen molar-refractivity contribution in [3.05, 3.63) is 48.0 Å². The molecule has 0 aliphatic rings. The van der Waals surface area contributed by atoms with Crippen molar-refractivity contribution < 1.29 is 9.90 Å². The molecule has 0 heterocycles. The highest BCUT2D eigenvalue weighted by atomic mass is 16.4. The highest BCUT2D eigenvalue weighted by molar-refractivity contribution is 5.66. The smallest absolute Gasteiger partial charge is 0.303 e. The minimum Gasteiger partial charge on any atom is -0.481 e. The Hall–Kier alpha value is -1.61. The Bertz CT molecular complexity index is 511. The SMILES string of the molecule is CCCCCCCC/C=C\CCCCCCCC(=O)O.CN(C)Cc1ccccc1. The lowest BCUT2D eigenvalue weighted by molar-refractivity contribution is -0.137.